The van der Waals surface area contributed by atoms with Gasteiger partial charge >= 0.3 is 6.36 Å². The Bertz CT molecular complexity index is 1610. The number of nitrogens with one attached hydrogen (secondary N) is 1. The SMILES string of the molecule is COCCN1CCC(C(=O)NO)(S(=O)(=O)c2ccc(Oc3ccc(OC(F)(F)F)cc3)cc2)CC1.O=S(=O)(O)c1ccccc1. The van der Waals surface area contributed by atoms with Gasteiger partial charge in [0.1, 0.15) is 17.2 Å². The average molecular weight is 677 g/mol. The maximum Gasteiger partial charge on any atom is 0.573 e. The molecule has 12 nitrogen and oxygen atoms in total. The number of halogens is 3. The van der Waals surface area contributed by atoms with E-state index in [4.69, 9.17) is 14.0 Å². The molecule has 246 valence electrons. The van der Waals surface area contributed by atoms with Crippen LogP contribution in [0.4, 0.5) is 13.2 Å². The van der Waals surface area contributed by atoms with Crippen molar-refractivity contribution in [1.82, 2.24) is 10.4 Å². The lowest BCUT2D eigenvalue weighted by molar-refractivity contribution is -0.274. The zero-order valence-electron chi connectivity index (χ0n) is 23.8. The molecular weight excluding hydrogens is 645 g/mol. The molecule has 1 saturated heterocycles. The van der Waals surface area contributed by atoms with Crippen molar-refractivity contribution in [2.75, 3.05) is 33.4 Å². The third-order valence-corrected chi connectivity index (χ3v) is 10.2. The van der Waals surface area contributed by atoms with E-state index in [2.05, 4.69) is 4.74 Å². The first-order chi connectivity index (χ1) is 21.1. The highest BCUT2D eigenvalue weighted by Crippen LogP contribution is 2.37. The molecule has 0 unspecified atom stereocenters. The van der Waals surface area contributed by atoms with Gasteiger partial charge in [0.2, 0.25) is 0 Å². The van der Waals surface area contributed by atoms with Crippen molar-refractivity contribution in [2.45, 2.75) is 33.7 Å². The fraction of sp³-hybridized carbons (Fsp3) is 0.321. The number of likely N-dealkylation sites (tertiary alicyclic amines) is 1. The zero-order chi connectivity index (χ0) is 33.3. The standard InChI is InChI=1S/C22H25F3N2O7S.C6H6O3S/c1-32-15-14-27-12-10-21(11-13-27,20(28)26-29)35(30,31)19-8-6-17(7-9-19)33-16-2-4-18(5-3-16)34-22(23,24)25;7-10(8,9)6-4-2-1-3-5-6/h2-9,29H,10-15H2,1H3,(H,26,28);1-5H,(H,7,8,9). The molecule has 4 rings (SSSR count). The normalized spacial score (nSPS) is 15.3. The fourth-order valence-electron chi connectivity index (χ4n) is 4.43. The van der Waals surface area contributed by atoms with E-state index in [9.17, 15) is 40.0 Å². The van der Waals surface area contributed by atoms with E-state index < -0.39 is 42.7 Å². The summed E-state index contributed by atoms with van der Waals surface area (Å²) in [7, 11) is -6.64. The Morgan fingerprint density at radius 2 is 1.38 bits per heavy atom. The molecular formula is C28H31F3N2O10S2. The second-order valence-electron chi connectivity index (χ2n) is 9.65. The predicted molar refractivity (Wildman–Crippen MR) is 153 cm³/mol. The summed E-state index contributed by atoms with van der Waals surface area (Å²) < 4.78 is 106. The Labute approximate surface area is 258 Å². The van der Waals surface area contributed by atoms with Gasteiger partial charge in [-0.15, -0.1) is 13.2 Å². The van der Waals surface area contributed by atoms with Crippen LogP contribution < -0.4 is 15.0 Å². The number of hydroxylamine groups is 1. The van der Waals surface area contributed by atoms with E-state index in [-0.39, 0.29) is 34.1 Å². The lowest BCUT2D eigenvalue weighted by atomic mass is 9.95. The van der Waals surface area contributed by atoms with E-state index in [1.54, 1.807) is 25.3 Å². The summed E-state index contributed by atoms with van der Waals surface area (Å²) >= 11 is 0. The molecule has 1 fully saturated rings. The molecule has 0 aliphatic carbocycles. The first-order valence-electron chi connectivity index (χ1n) is 13.2. The van der Waals surface area contributed by atoms with Gasteiger partial charge in [-0.1, -0.05) is 18.2 Å². The van der Waals surface area contributed by atoms with Crippen LogP contribution in [0.3, 0.4) is 0 Å². The number of benzene rings is 3. The van der Waals surface area contributed by atoms with E-state index in [1.165, 1.54) is 54.0 Å². The molecule has 0 atom stereocenters. The van der Waals surface area contributed by atoms with Gasteiger partial charge < -0.3 is 19.1 Å². The number of hydrogen-bond acceptors (Lipinski definition) is 10. The molecule has 1 aliphatic rings. The highest BCUT2D eigenvalue weighted by Gasteiger charge is 2.52. The number of amides is 1. The van der Waals surface area contributed by atoms with Crippen LogP contribution in [0.25, 0.3) is 0 Å². The summed E-state index contributed by atoms with van der Waals surface area (Å²) in [5.41, 5.74) is 1.51. The number of ether oxygens (including phenoxy) is 3. The third kappa shape index (κ3) is 9.62. The summed E-state index contributed by atoms with van der Waals surface area (Å²) in [6, 6.07) is 17.4. The quantitative estimate of drug-likeness (QED) is 0.161. The molecule has 0 spiro atoms. The lowest BCUT2D eigenvalue weighted by Crippen LogP contribution is -2.57. The van der Waals surface area contributed by atoms with Crippen LogP contribution in [0, 0.1) is 0 Å². The van der Waals surface area contributed by atoms with Crippen LogP contribution in [0.5, 0.6) is 17.2 Å². The van der Waals surface area contributed by atoms with E-state index in [0.29, 0.717) is 26.2 Å². The van der Waals surface area contributed by atoms with Crippen molar-refractivity contribution in [1.29, 1.82) is 0 Å². The van der Waals surface area contributed by atoms with Gasteiger partial charge in [0.15, 0.2) is 14.6 Å². The van der Waals surface area contributed by atoms with Crippen molar-refractivity contribution in [3.8, 4) is 17.2 Å². The Morgan fingerprint density at radius 3 is 1.82 bits per heavy atom. The Kier molecular flexibility index (Phi) is 11.9. The van der Waals surface area contributed by atoms with Crippen LogP contribution in [0.1, 0.15) is 12.8 Å². The Balaban J connectivity index is 0.000000468. The van der Waals surface area contributed by atoms with E-state index >= 15 is 0 Å². The van der Waals surface area contributed by atoms with Crippen molar-refractivity contribution in [3.05, 3.63) is 78.9 Å². The minimum atomic E-state index is -4.81. The molecule has 1 heterocycles. The molecule has 0 saturated carbocycles. The number of nitrogens with zero attached hydrogens (tertiary/aromatic N) is 1. The molecule has 3 N–H and O–H groups in total. The molecule has 3 aromatic carbocycles. The molecule has 0 bridgehead atoms. The zero-order valence-corrected chi connectivity index (χ0v) is 25.4. The largest absolute Gasteiger partial charge is 0.573 e. The summed E-state index contributed by atoms with van der Waals surface area (Å²) in [4.78, 5) is 14.3. The van der Waals surface area contributed by atoms with Crippen LogP contribution >= 0.6 is 0 Å². The number of sulfone groups is 1. The van der Waals surface area contributed by atoms with Crippen molar-refractivity contribution in [3.63, 3.8) is 0 Å². The minimum Gasteiger partial charge on any atom is -0.457 e. The molecule has 1 aliphatic heterocycles. The monoisotopic (exact) mass is 676 g/mol. The average Bonchev–Trinajstić information content (AvgIpc) is 3.00. The van der Waals surface area contributed by atoms with Gasteiger partial charge in [-0.25, -0.2) is 13.9 Å². The molecule has 17 heteroatoms. The predicted octanol–water partition coefficient (Wildman–Crippen LogP) is 4.07. The number of alkyl halides is 3. The highest BCUT2D eigenvalue weighted by molar-refractivity contribution is 7.93. The summed E-state index contributed by atoms with van der Waals surface area (Å²) in [6.07, 6.45) is -4.85. The van der Waals surface area contributed by atoms with Gasteiger partial charge in [-0.05, 0) is 73.5 Å². The van der Waals surface area contributed by atoms with Gasteiger partial charge in [0.25, 0.3) is 16.0 Å². The topological polar surface area (TPSA) is 169 Å². The first-order valence-corrected chi connectivity index (χ1v) is 16.1. The number of hydrogen-bond donors (Lipinski definition) is 3. The maximum atomic E-state index is 13.5. The Hall–Kier alpha value is -3.74. The molecule has 0 aromatic heterocycles. The van der Waals surface area contributed by atoms with Crippen molar-refractivity contribution in [2.24, 2.45) is 0 Å². The smallest absolute Gasteiger partial charge is 0.457 e. The van der Waals surface area contributed by atoms with Crippen LogP contribution in [-0.4, -0.2) is 81.9 Å². The number of carbonyl (C=O) groups is 1. The highest BCUT2D eigenvalue weighted by atomic mass is 32.2. The van der Waals surface area contributed by atoms with Gasteiger partial charge in [-0.3, -0.25) is 14.6 Å². The number of methoxy groups -OCH3 is 1. The fourth-order valence-corrected chi connectivity index (χ4v) is 6.88. The summed E-state index contributed by atoms with van der Waals surface area (Å²) in [6.45, 7) is 1.70. The van der Waals surface area contributed by atoms with Crippen LogP contribution in [0.2, 0.25) is 0 Å². The molecule has 45 heavy (non-hydrogen) atoms. The van der Waals surface area contributed by atoms with Gasteiger partial charge in [0.05, 0.1) is 16.4 Å². The number of rotatable bonds is 10. The number of piperidine rings is 1. The third-order valence-electron chi connectivity index (χ3n) is 6.77. The first kappa shape index (κ1) is 35.7. The van der Waals surface area contributed by atoms with Gasteiger partial charge in [0, 0.05) is 26.7 Å². The maximum absolute atomic E-state index is 13.5. The lowest BCUT2D eigenvalue weighted by Gasteiger charge is -2.39. The van der Waals surface area contributed by atoms with Crippen LogP contribution in [-0.2, 0) is 29.5 Å². The van der Waals surface area contributed by atoms with Gasteiger partial charge in [-0.2, -0.15) is 8.42 Å². The van der Waals surface area contributed by atoms with Crippen molar-refractivity contribution >= 4 is 25.9 Å². The number of carbonyl (C=O) groups excluding carboxylic acids is 1. The minimum absolute atomic E-state index is 0.0178. The molecule has 1 amide bonds. The summed E-state index contributed by atoms with van der Waals surface area (Å²) in [5.74, 6) is -0.976. The van der Waals surface area contributed by atoms with Crippen LogP contribution in [0.15, 0.2) is 88.7 Å². The van der Waals surface area contributed by atoms with E-state index in [1.807, 2.05) is 4.90 Å². The molecule has 0 radical (unpaired) electrons. The summed E-state index contributed by atoms with van der Waals surface area (Å²) in [5, 5.41) is 9.27. The second kappa shape index (κ2) is 15.0. The van der Waals surface area contributed by atoms with Crippen molar-refractivity contribution < 1.29 is 58.8 Å². The Morgan fingerprint density at radius 1 is 0.867 bits per heavy atom. The molecule has 3 aromatic rings. The second-order valence-corrected chi connectivity index (χ2v) is 13.3. The van der Waals surface area contributed by atoms with E-state index in [0.717, 1.165) is 12.1 Å².